The first-order valence-electron chi connectivity index (χ1n) is 4.45. The number of rotatable bonds is 5. The van der Waals surface area contributed by atoms with Crippen molar-refractivity contribution in [3.05, 3.63) is 33.5 Å². The number of nitrogens with one attached hydrogen (secondary N) is 1. The first-order valence-corrected chi connectivity index (χ1v) is 5.71. The molecule has 0 saturated heterocycles. The standard InChI is InChI=1S/C10H15ClN2S/c1-7(2)5-13-9(4-12)10-3-8(11)6-14-10/h3,6,9,13H,1,4-5,12H2,2H3. The van der Waals surface area contributed by atoms with Crippen LogP contribution in [-0.2, 0) is 0 Å². The molecule has 4 heteroatoms. The Hall–Kier alpha value is -0.350. The van der Waals surface area contributed by atoms with Gasteiger partial charge in [-0.15, -0.1) is 11.3 Å². The summed E-state index contributed by atoms with van der Waals surface area (Å²) in [5.74, 6) is 0. The van der Waals surface area contributed by atoms with Crippen LogP contribution in [0.15, 0.2) is 23.6 Å². The number of halogens is 1. The summed E-state index contributed by atoms with van der Waals surface area (Å²) in [6.45, 7) is 7.18. The summed E-state index contributed by atoms with van der Waals surface area (Å²) in [6.07, 6.45) is 0. The van der Waals surface area contributed by atoms with Crippen molar-refractivity contribution in [2.24, 2.45) is 5.73 Å². The van der Waals surface area contributed by atoms with Crippen molar-refractivity contribution in [1.29, 1.82) is 0 Å². The van der Waals surface area contributed by atoms with Crippen molar-refractivity contribution in [3.63, 3.8) is 0 Å². The van der Waals surface area contributed by atoms with Gasteiger partial charge in [0.2, 0.25) is 0 Å². The molecule has 0 spiro atoms. The van der Waals surface area contributed by atoms with E-state index >= 15 is 0 Å². The third-order valence-corrected chi connectivity index (χ3v) is 3.21. The Labute approximate surface area is 93.8 Å². The zero-order chi connectivity index (χ0) is 10.6. The van der Waals surface area contributed by atoms with Gasteiger partial charge in [-0.2, -0.15) is 0 Å². The fourth-order valence-electron chi connectivity index (χ4n) is 1.11. The van der Waals surface area contributed by atoms with Crippen LogP contribution in [0.5, 0.6) is 0 Å². The number of hydrogen-bond acceptors (Lipinski definition) is 3. The van der Waals surface area contributed by atoms with Crippen LogP contribution in [0.4, 0.5) is 0 Å². The molecule has 14 heavy (non-hydrogen) atoms. The molecule has 1 atom stereocenters. The quantitative estimate of drug-likeness (QED) is 0.764. The van der Waals surface area contributed by atoms with Crippen molar-refractivity contribution < 1.29 is 0 Å². The third kappa shape index (κ3) is 3.42. The van der Waals surface area contributed by atoms with Crippen molar-refractivity contribution in [1.82, 2.24) is 5.32 Å². The lowest BCUT2D eigenvalue weighted by atomic mass is 10.2. The molecule has 3 N–H and O–H groups in total. The molecule has 1 heterocycles. The van der Waals surface area contributed by atoms with Crippen LogP contribution < -0.4 is 11.1 Å². The molecule has 78 valence electrons. The first-order chi connectivity index (χ1) is 6.63. The second-order valence-corrected chi connectivity index (χ2v) is 4.67. The van der Waals surface area contributed by atoms with Gasteiger partial charge in [0.05, 0.1) is 11.1 Å². The van der Waals surface area contributed by atoms with E-state index in [1.54, 1.807) is 11.3 Å². The van der Waals surface area contributed by atoms with E-state index in [0.717, 1.165) is 17.1 Å². The number of thiophene rings is 1. The highest BCUT2D eigenvalue weighted by molar-refractivity contribution is 7.10. The molecule has 1 aromatic heterocycles. The van der Waals surface area contributed by atoms with E-state index in [-0.39, 0.29) is 6.04 Å². The summed E-state index contributed by atoms with van der Waals surface area (Å²) in [5.41, 5.74) is 6.77. The molecule has 1 rings (SSSR count). The Morgan fingerprint density at radius 2 is 2.50 bits per heavy atom. The fourth-order valence-corrected chi connectivity index (χ4v) is 2.28. The van der Waals surface area contributed by atoms with Crippen LogP contribution in [0.2, 0.25) is 5.02 Å². The van der Waals surface area contributed by atoms with E-state index in [1.807, 2.05) is 18.4 Å². The second-order valence-electron chi connectivity index (χ2n) is 3.29. The van der Waals surface area contributed by atoms with Crippen LogP contribution >= 0.6 is 22.9 Å². The van der Waals surface area contributed by atoms with E-state index in [9.17, 15) is 0 Å². The van der Waals surface area contributed by atoms with Gasteiger partial charge in [0, 0.05) is 23.3 Å². The molecule has 0 fully saturated rings. The maximum atomic E-state index is 5.85. The highest BCUT2D eigenvalue weighted by atomic mass is 35.5. The van der Waals surface area contributed by atoms with Crippen molar-refractivity contribution in [2.75, 3.05) is 13.1 Å². The van der Waals surface area contributed by atoms with Crippen LogP contribution in [0.25, 0.3) is 0 Å². The van der Waals surface area contributed by atoms with Crippen molar-refractivity contribution >= 4 is 22.9 Å². The molecule has 0 aliphatic rings. The molecule has 0 saturated carbocycles. The topological polar surface area (TPSA) is 38.0 Å². The molecule has 0 radical (unpaired) electrons. The number of nitrogens with two attached hydrogens (primary N) is 1. The predicted octanol–water partition coefficient (Wildman–Crippen LogP) is 2.57. The zero-order valence-electron chi connectivity index (χ0n) is 8.22. The lowest BCUT2D eigenvalue weighted by Gasteiger charge is -2.14. The molecule has 0 aliphatic heterocycles. The molecule has 1 unspecified atom stereocenters. The zero-order valence-corrected chi connectivity index (χ0v) is 9.79. The largest absolute Gasteiger partial charge is 0.329 e. The molecule has 0 aromatic carbocycles. The smallest absolute Gasteiger partial charge is 0.0542 e. The summed E-state index contributed by atoms with van der Waals surface area (Å²) in [7, 11) is 0. The van der Waals surface area contributed by atoms with Gasteiger partial charge >= 0.3 is 0 Å². The van der Waals surface area contributed by atoms with Gasteiger partial charge < -0.3 is 11.1 Å². The average Bonchev–Trinajstić information content (AvgIpc) is 2.53. The SMILES string of the molecule is C=C(C)CNC(CN)c1cc(Cl)cs1. The lowest BCUT2D eigenvalue weighted by Crippen LogP contribution is -2.28. The fraction of sp³-hybridized carbons (Fsp3) is 0.400. The Kier molecular flexibility index (Phi) is 4.62. The van der Waals surface area contributed by atoms with Crippen molar-refractivity contribution in [3.8, 4) is 0 Å². The highest BCUT2D eigenvalue weighted by Crippen LogP contribution is 2.24. The van der Waals surface area contributed by atoms with E-state index < -0.39 is 0 Å². The Bertz CT molecular complexity index is 309. The minimum atomic E-state index is 0.184. The van der Waals surface area contributed by atoms with E-state index in [2.05, 4.69) is 11.9 Å². The van der Waals surface area contributed by atoms with Gasteiger partial charge in [-0.1, -0.05) is 23.8 Å². The minimum Gasteiger partial charge on any atom is -0.329 e. The normalized spacial score (nSPS) is 12.8. The highest BCUT2D eigenvalue weighted by Gasteiger charge is 2.10. The molecule has 0 bridgehead atoms. The molecular weight excluding hydrogens is 216 g/mol. The molecule has 0 aliphatic carbocycles. The van der Waals surface area contributed by atoms with Crippen LogP contribution in [-0.4, -0.2) is 13.1 Å². The second kappa shape index (κ2) is 5.51. The Balaban J connectivity index is 2.58. The van der Waals surface area contributed by atoms with Gasteiger partial charge in [0.15, 0.2) is 0 Å². The van der Waals surface area contributed by atoms with E-state index in [0.29, 0.717) is 6.54 Å². The van der Waals surface area contributed by atoms with Crippen LogP contribution in [0.3, 0.4) is 0 Å². The predicted molar refractivity (Wildman–Crippen MR) is 63.9 cm³/mol. The van der Waals surface area contributed by atoms with Crippen LogP contribution in [0.1, 0.15) is 17.8 Å². The van der Waals surface area contributed by atoms with Gasteiger partial charge in [-0.3, -0.25) is 0 Å². The average molecular weight is 231 g/mol. The monoisotopic (exact) mass is 230 g/mol. The Morgan fingerprint density at radius 3 is 2.93 bits per heavy atom. The Morgan fingerprint density at radius 1 is 1.79 bits per heavy atom. The molecule has 0 amide bonds. The van der Waals surface area contributed by atoms with Crippen LogP contribution in [0, 0.1) is 0 Å². The summed E-state index contributed by atoms with van der Waals surface area (Å²) in [6, 6.07) is 2.14. The van der Waals surface area contributed by atoms with Gasteiger partial charge in [0.1, 0.15) is 0 Å². The maximum absolute atomic E-state index is 5.85. The van der Waals surface area contributed by atoms with E-state index in [4.69, 9.17) is 17.3 Å². The molecule has 2 nitrogen and oxygen atoms in total. The summed E-state index contributed by atoms with van der Waals surface area (Å²) < 4.78 is 0. The number of hydrogen-bond donors (Lipinski definition) is 2. The maximum Gasteiger partial charge on any atom is 0.0542 e. The third-order valence-electron chi connectivity index (χ3n) is 1.82. The summed E-state index contributed by atoms with van der Waals surface area (Å²) >= 11 is 7.48. The molecule has 1 aromatic rings. The van der Waals surface area contributed by atoms with Gasteiger partial charge in [-0.25, -0.2) is 0 Å². The van der Waals surface area contributed by atoms with Gasteiger partial charge in [0.25, 0.3) is 0 Å². The summed E-state index contributed by atoms with van der Waals surface area (Å²) in [4.78, 5) is 1.18. The summed E-state index contributed by atoms with van der Waals surface area (Å²) in [5, 5.41) is 6.02. The van der Waals surface area contributed by atoms with Crippen molar-refractivity contribution in [2.45, 2.75) is 13.0 Å². The minimum absolute atomic E-state index is 0.184. The van der Waals surface area contributed by atoms with E-state index in [1.165, 1.54) is 4.88 Å². The lowest BCUT2D eigenvalue weighted by molar-refractivity contribution is 0.578. The van der Waals surface area contributed by atoms with Gasteiger partial charge in [-0.05, 0) is 13.0 Å². The first kappa shape index (κ1) is 11.7. The molecular formula is C10H15ClN2S.